The molecule has 0 radical (unpaired) electrons. The van der Waals surface area contributed by atoms with Crippen molar-refractivity contribution in [1.82, 2.24) is 0 Å². The van der Waals surface area contributed by atoms with E-state index in [9.17, 15) is 4.39 Å². The normalized spacial score (nSPS) is 12.5. The molecule has 0 aromatic heterocycles. The van der Waals surface area contributed by atoms with Gasteiger partial charge in [-0.1, -0.05) is 45.8 Å². The molecule has 0 heterocycles. The van der Waals surface area contributed by atoms with Crippen LogP contribution in [0.3, 0.4) is 0 Å². The van der Waals surface area contributed by atoms with Gasteiger partial charge in [-0.15, -0.1) is 0 Å². The fraction of sp³-hybridized carbons (Fsp3) is 0.143. The van der Waals surface area contributed by atoms with Crippen LogP contribution in [0.4, 0.5) is 4.39 Å². The maximum atomic E-state index is 13.2. The van der Waals surface area contributed by atoms with Crippen LogP contribution in [-0.4, -0.2) is 0 Å². The molecule has 3 heteroatoms. The lowest BCUT2D eigenvalue weighted by Gasteiger charge is -2.15. The van der Waals surface area contributed by atoms with Crippen molar-refractivity contribution in [2.24, 2.45) is 5.73 Å². The van der Waals surface area contributed by atoms with Gasteiger partial charge >= 0.3 is 0 Å². The van der Waals surface area contributed by atoms with Crippen molar-refractivity contribution in [2.45, 2.75) is 13.0 Å². The predicted molar refractivity (Wildman–Crippen MR) is 71.3 cm³/mol. The lowest BCUT2D eigenvalue weighted by molar-refractivity contribution is 0.623. The van der Waals surface area contributed by atoms with Crippen molar-refractivity contribution >= 4 is 15.9 Å². The summed E-state index contributed by atoms with van der Waals surface area (Å²) in [7, 11) is 0. The van der Waals surface area contributed by atoms with Crippen LogP contribution in [0.1, 0.15) is 22.7 Å². The Morgan fingerprint density at radius 1 is 1.18 bits per heavy atom. The maximum Gasteiger partial charge on any atom is 0.123 e. The third-order valence-corrected chi connectivity index (χ3v) is 3.42. The zero-order valence-electron chi connectivity index (χ0n) is 9.45. The molecule has 2 rings (SSSR count). The minimum absolute atomic E-state index is 0.262. The van der Waals surface area contributed by atoms with Gasteiger partial charge in [0, 0.05) is 4.47 Å². The van der Waals surface area contributed by atoms with Crippen molar-refractivity contribution in [3.63, 3.8) is 0 Å². The number of hydrogen-bond acceptors (Lipinski definition) is 1. The first kappa shape index (κ1) is 12.3. The quantitative estimate of drug-likeness (QED) is 0.892. The van der Waals surface area contributed by atoms with E-state index in [-0.39, 0.29) is 11.9 Å². The summed E-state index contributed by atoms with van der Waals surface area (Å²) in [4.78, 5) is 0. The first-order valence-electron chi connectivity index (χ1n) is 5.35. The Labute approximate surface area is 109 Å². The molecule has 0 spiro atoms. The van der Waals surface area contributed by atoms with Gasteiger partial charge in [0.1, 0.15) is 5.82 Å². The van der Waals surface area contributed by atoms with Crippen LogP contribution in [0.5, 0.6) is 0 Å². The van der Waals surface area contributed by atoms with Crippen LogP contribution in [-0.2, 0) is 0 Å². The second-order valence-electron chi connectivity index (χ2n) is 4.06. The topological polar surface area (TPSA) is 26.0 Å². The highest BCUT2D eigenvalue weighted by Gasteiger charge is 2.12. The number of halogens is 2. The van der Waals surface area contributed by atoms with Gasteiger partial charge in [0.25, 0.3) is 0 Å². The Bertz CT molecular complexity index is 539. The highest BCUT2D eigenvalue weighted by atomic mass is 79.9. The summed E-state index contributed by atoms with van der Waals surface area (Å²) >= 11 is 3.47. The first-order chi connectivity index (χ1) is 8.08. The summed E-state index contributed by atoms with van der Waals surface area (Å²) in [5, 5.41) is 0. The monoisotopic (exact) mass is 293 g/mol. The fourth-order valence-corrected chi connectivity index (χ4v) is 2.27. The number of hydrogen-bond donors (Lipinski definition) is 1. The minimum Gasteiger partial charge on any atom is -0.320 e. The molecular weight excluding hydrogens is 281 g/mol. The molecule has 88 valence electrons. The highest BCUT2D eigenvalue weighted by Crippen LogP contribution is 2.27. The van der Waals surface area contributed by atoms with Gasteiger partial charge in [-0.2, -0.15) is 0 Å². The van der Waals surface area contributed by atoms with E-state index in [1.165, 1.54) is 12.1 Å². The van der Waals surface area contributed by atoms with Crippen molar-refractivity contribution in [3.05, 3.63) is 69.4 Å². The first-order valence-corrected chi connectivity index (χ1v) is 6.14. The van der Waals surface area contributed by atoms with Gasteiger partial charge in [0.2, 0.25) is 0 Å². The van der Waals surface area contributed by atoms with Gasteiger partial charge < -0.3 is 5.73 Å². The van der Waals surface area contributed by atoms with Crippen LogP contribution in [0.2, 0.25) is 0 Å². The van der Waals surface area contributed by atoms with E-state index in [1.807, 2.05) is 31.2 Å². The van der Waals surface area contributed by atoms with Crippen molar-refractivity contribution in [2.75, 3.05) is 0 Å². The summed E-state index contributed by atoms with van der Waals surface area (Å²) in [6.45, 7) is 2.01. The van der Waals surface area contributed by atoms with E-state index in [0.29, 0.717) is 0 Å². The summed E-state index contributed by atoms with van der Waals surface area (Å²) < 4.78 is 14.1. The summed E-state index contributed by atoms with van der Waals surface area (Å²) in [6.07, 6.45) is 0. The molecule has 0 saturated carbocycles. The van der Waals surface area contributed by atoms with Crippen LogP contribution in [0, 0.1) is 12.7 Å². The number of nitrogens with two attached hydrogens (primary N) is 1. The molecule has 2 N–H and O–H groups in total. The van der Waals surface area contributed by atoms with Crippen LogP contribution >= 0.6 is 15.9 Å². The van der Waals surface area contributed by atoms with Gasteiger partial charge in [-0.3, -0.25) is 0 Å². The standard InChI is InChI=1S/C14H13BrFN/c1-9-5-6-13(15)12(7-9)14(17)10-3-2-4-11(16)8-10/h2-8,14H,17H2,1H3. The highest BCUT2D eigenvalue weighted by molar-refractivity contribution is 9.10. The molecule has 1 atom stereocenters. The maximum absolute atomic E-state index is 13.2. The molecular formula is C14H13BrFN. The fourth-order valence-electron chi connectivity index (χ4n) is 1.78. The molecule has 0 saturated heterocycles. The lowest BCUT2D eigenvalue weighted by atomic mass is 9.98. The molecule has 1 nitrogen and oxygen atoms in total. The second kappa shape index (κ2) is 4.98. The Morgan fingerprint density at radius 3 is 2.65 bits per heavy atom. The SMILES string of the molecule is Cc1ccc(Br)c(C(N)c2cccc(F)c2)c1. The molecule has 2 aromatic rings. The zero-order chi connectivity index (χ0) is 12.4. The third kappa shape index (κ3) is 2.73. The molecule has 0 aliphatic carbocycles. The minimum atomic E-state index is -0.319. The Kier molecular flexibility index (Phi) is 3.60. The summed E-state index contributed by atoms with van der Waals surface area (Å²) in [5.41, 5.74) is 9.04. The summed E-state index contributed by atoms with van der Waals surface area (Å²) in [6, 6.07) is 12.1. The number of aryl methyl sites for hydroxylation is 1. The molecule has 0 fully saturated rings. The molecule has 0 aliphatic heterocycles. The van der Waals surface area contributed by atoms with Crippen molar-refractivity contribution in [3.8, 4) is 0 Å². The van der Waals surface area contributed by atoms with E-state index in [1.54, 1.807) is 6.07 Å². The molecule has 0 bridgehead atoms. The van der Waals surface area contributed by atoms with Gasteiger partial charge in [-0.05, 0) is 36.2 Å². The van der Waals surface area contributed by atoms with Crippen LogP contribution < -0.4 is 5.73 Å². The Morgan fingerprint density at radius 2 is 1.94 bits per heavy atom. The third-order valence-electron chi connectivity index (χ3n) is 2.69. The van der Waals surface area contributed by atoms with E-state index in [0.717, 1.165) is 21.2 Å². The molecule has 2 aromatic carbocycles. The number of rotatable bonds is 2. The van der Waals surface area contributed by atoms with E-state index in [4.69, 9.17) is 5.73 Å². The Balaban J connectivity index is 2.43. The van der Waals surface area contributed by atoms with E-state index >= 15 is 0 Å². The predicted octanol–water partition coefficient (Wildman–Crippen LogP) is 3.94. The zero-order valence-corrected chi connectivity index (χ0v) is 11.0. The molecule has 1 unspecified atom stereocenters. The van der Waals surface area contributed by atoms with Crippen LogP contribution in [0.25, 0.3) is 0 Å². The average molecular weight is 294 g/mol. The van der Waals surface area contributed by atoms with Gasteiger partial charge in [-0.25, -0.2) is 4.39 Å². The van der Waals surface area contributed by atoms with Crippen molar-refractivity contribution < 1.29 is 4.39 Å². The van der Waals surface area contributed by atoms with Gasteiger partial charge in [0.15, 0.2) is 0 Å². The average Bonchev–Trinajstić information content (AvgIpc) is 2.31. The second-order valence-corrected chi connectivity index (χ2v) is 4.91. The van der Waals surface area contributed by atoms with E-state index in [2.05, 4.69) is 15.9 Å². The van der Waals surface area contributed by atoms with E-state index < -0.39 is 0 Å². The number of benzene rings is 2. The summed E-state index contributed by atoms with van der Waals surface area (Å²) in [5.74, 6) is -0.262. The van der Waals surface area contributed by atoms with Crippen LogP contribution in [0.15, 0.2) is 46.9 Å². The Hall–Kier alpha value is -1.19. The van der Waals surface area contributed by atoms with Gasteiger partial charge in [0.05, 0.1) is 6.04 Å². The molecule has 0 amide bonds. The largest absolute Gasteiger partial charge is 0.320 e. The molecule has 17 heavy (non-hydrogen) atoms. The smallest absolute Gasteiger partial charge is 0.123 e. The molecule has 0 aliphatic rings. The lowest BCUT2D eigenvalue weighted by Crippen LogP contribution is -2.12. The van der Waals surface area contributed by atoms with Crippen molar-refractivity contribution in [1.29, 1.82) is 0 Å².